The third kappa shape index (κ3) is 8.66. The van der Waals surface area contributed by atoms with Crippen molar-refractivity contribution < 1.29 is 9.84 Å². The summed E-state index contributed by atoms with van der Waals surface area (Å²) in [5.41, 5.74) is 1.94. The van der Waals surface area contributed by atoms with Crippen molar-refractivity contribution in [3.05, 3.63) is 42.0 Å². The van der Waals surface area contributed by atoms with E-state index in [9.17, 15) is 0 Å². The van der Waals surface area contributed by atoms with Crippen LogP contribution in [0.4, 0.5) is 17.6 Å². The fourth-order valence-corrected chi connectivity index (χ4v) is 4.45. The molecule has 0 atom stereocenters. The summed E-state index contributed by atoms with van der Waals surface area (Å²) in [7, 11) is 0. The number of piperidine rings is 1. The molecule has 0 unspecified atom stereocenters. The molecule has 11 heteroatoms. The number of hydrogen-bond acceptors (Lipinski definition) is 11. The molecule has 2 aliphatic rings. The molecule has 1 aromatic carbocycles. The first-order valence-corrected chi connectivity index (χ1v) is 13.1. The van der Waals surface area contributed by atoms with E-state index >= 15 is 0 Å². The molecule has 3 heterocycles. The molecule has 200 valence electrons. The number of morpholine rings is 1. The number of aliphatic hydroxyl groups is 1. The number of rotatable bonds is 12. The lowest BCUT2D eigenvalue weighted by atomic mass is 10.0. The molecule has 2 aromatic rings. The maximum atomic E-state index is 8.91. The molecule has 1 aromatic heterocycles. The Kier molecular flexibility index (Phi) is 10.5. The topological polar surface area (TPSA) is 137 Å². The number of ether oxygens (including phenoxy) is 1. The minimum Gasteiger partial charge on any atom is -0.396 e. The Bertz CT molecular complexity index is 1000. The van der Waals surface area contributed by atoms with Crippen LogP contribution in [0.25, 0.3) is 0 Å². The van der Waals surface area contributed by atoms with Crippen LogP contribution in [0.3, 0.4) is 0 Å². The Labute approximate surface area is 218 Å². The fourth-order valence-electron chi connectivity index (χ4n) is 4.45. The molecule has 0 aliphatic carbocycles. The van der Waals surface area contributed by atoms with Crippen molar-refractivity contribution in [2.45, 2.75) is 31.8 Å². The molecule has 0 saturated carbocycles. The van der Waals surface area contributed by atoms with Crippen LogP contribution in [0, 0.1) is 0 Å². The molecule has 11 nitrogen and oxygen atoms in total. The highest BCUT2D eigenvalue weighted by atomic mass is 16.5. The van der Waals surface area contributed by atoms with Gasteiger partial charge in [-0.15, -0.1) is 0 Å². The van der Waals surface area contributed by atoms with Gasteiger partial charge in [0.15, 0.2) is 0 Å². The van der Waals surface area contributed by atoms with Crippen LogP contribution in [0.15, 0.2) is 46.5 Å². The van der Waals surface area contributed by atoms with Crippen LogP contribution in [-0.4, -0.2) is 97.0 Å². The summed E-state index contributed by atoms with van der Waals surface area (Å²) in [6, 6.07) is 13.0. The van der Waals surface area contributed by atoms with Crippen molar-refractivity contribution in [2.24, 2.45) is 15.9 Å². The molecule has 0 radical (unpaired) electrons. The molecular formula is C26H39N9O2. The van der Waals surface area contributed by atoms with E-state index in [1.54, 1.807) is 6.21 Å². The van der Waals surface area contributed by atoms with Crippen molar-refractivity contribution in [3.63, 3.8) is 0 Å². The number of aliphatic imine (C=N–C) groups is 1. The number of likely N-dealkylation sites (tertiary alicyclic amines) is 1. The minimum atomic E-state index is 0.106. The molecule has 37 heavy (non-hydrogen) atoms. The average Bonchev–Trinajstić information content (AvgIpc) is 2.95. The first-order chi connectivity index (χ1) is 18.2. The lowest BCUT2D eigenvalue weighted by Gasteiger charge is -2.33. The van der Waals surface area contributed by atoms with Gasteiger partial charge in [0.2, 0.25) is 5.95 Å². The van der Waals surface area contributed by atoms with Gasteiger partial charge >= 0.3 is 0 Å². The Morgan fingerprint density at radius 1 is 1.14 bits per heavy atom. The largest absolute Gasteiger partial charge is 0.396 e. The van der Waals surface area contributed by atoms with Gasteiger partial charge in [0.1, 0.15) is 11.6 Å². The van der Waals surface area contributed by atoms with Crippen LogP contribution in [0.1, 0.15) is 24.8 Å². The van der Waals surface area contributed by atoms with Crippen LogP contribution in [0.2, 0.25) is 0 Å². The number of hydrazone groups is 1. The van der Waals surface area contributed by atoms with Crippen molar-refractivity contribution in [1.82, 2.24) is 14.9 Å². The number of aliphatic hydroxyl groups excluding tert-OH is 1. The standard InChI is InChI=1S/C26H39N9O2/c27-33-23(18-28-9-4-14-36)19-29-26-31-24(17-25(32-26)35-12-15-37-16-13-35)30-22-7-10-34(11-8-22)20-21-5-2-1-3-6-21/h1-3,5-6,17-18,22,36H,4,7-16,19-20,27H2,(H2,29,30,31,32)/b28-18?,33-23+. The van der Waals surface area contributed by atoms with E-state index in [2.05, 4.69) is 60.9 Å². The molecule has 4 rings (SSSR count). The monoisotopic (exact) mass is 509 g/mol. The Morgan fingerprint density at radius 2 is 1.92 bits per heavy atom. The predicted molar refractivity (Wildman–Crippen MR) is 149 cm³/mol. The van der Waals surface area contributed by atoms with Crippen LogP contribution in [0.5, 0.6) is 0 Å². The van der Waals surface area contributed by atoms with Gasteiger partial charge in [0.05, 0.1) is 25.5 Å². The molecule has 0 bridgehead atoms. The average molecular weight is 510 g/mol. The second kappa shape index (κ2) is 14.5. The van der Waals surface area contributed by atoms with Crippen LogP contribution >= 0.6 is 0 Å². The second-order valence-corrected chi connectivity index (χ2v) is 9.30. The van der Waals surface area contributed by atoms with E-state index in [1.807, 2.05) is 6.07 Å². The first kappa shape index (κ1) is 26.8. The van der Waals surface area contributed by atoms with E-state index in [1.165, 1.54) is 5.56 Å². The maximum absolute atomic E-state index is 8.91. The molecule has 2 aliphatic heterocycles. The second-order valence-electron chi connectivity index (χ2n) is 9.30. The Hall–Kier alpha value is -3.28. The Balaban J connectivity index is 1.38. The molecule has 0 spiro atoms. The number of anilines is 3. The van der Waals surface area contributed by atoms with E-state index in [0.29, 0.717) is 50.4 Å². The van der Waals surface area contributed by atoms with Gasteiger partial charge in [-0.25, -0.2) is 0 Å². The third-order valence-electron chi connectivity index (χ3n) is 6.52. The summed E-state index contributed by atoms with van der Waals surface area (Å²) >= 11 is 0. The normalized spacial score (nSPS) is 17.9. The van der Waals surface area contributed by atoms with E-state index in [-0.39, 0.29) is 6.61 Å². The number of aromatic nitrogens is 2. The van der Waals surface area contributed by atoms with Crippen molar-refractivity contribution in [2.75, 3.05) is 74.6 Å². The lowest BCUT2D eigenvalue weighted by Crippen LogP contribution is -2.39. The molecule has 5 N–H and O–H groups in total. The van der Waals surface area contributed by atoms with E-state index in [0.717, 1.165) is 57.2 Å². The molecular weight excluding hydrogens is 470 g/mol. The van der Waals surface area contributed by atoms with Gasteiger partial charge < -0.3 is 31.2 Å². The van der Waals surface area contributed by atoms with Gasteiger partial charge in [-0.1, -0.05) is 30.3 Å². The number of nitrogens with two attached hydrogens (primary N) is 1. The smallest absolute Gasteiger partial charge is 0.226 e. The van der Waals surface area contributed by atoms with Gasteiger partial charge in [-0.2, -0.15) is 15.1 Å². The lowest BCUT2D eigenvalue weighted by molar-refractivity contribution is 0.122. The highest BCUT2D eigenvalue weighted by Gasteiger charge is 2.21. The highest BCUT2D eigenvalue weighted by molar-refractivity contribution is 6.32. The van der Waals surface area contributed by atoms with Gasteiger partial charge in [-0.05, 0) is 24.8 Å². The zero-order valence-electron chi connectivity index (χ0n) is 21.4. The minimum absolute atomic E-state index is 0.106. The summed E-state index contributed by atoms with van der Waals surface area (Å²) < 4.78 is 5.52. The predicted octanol–water partition coefficient (Wildman–Crippen LogP) is 1.57. The van der Waals surface area contributed by atoms with Crippen molar-refractivity contribution >= 4 is 29.5 Å². The fraction of sp³-hybridized carbons (Fsp3) is 0.538. The highest BCUT2D eigenvalue weighted by Crippen LogP contribution is 2.22. The summed E-state index contributed by atoms with van der Waals surface area (Å²) in [6.45, 7) is 7.02. The molecule has 2 fully saturated rings. The van der Waals surface area contributed by atoms with Crippen molar-refractivity contribution in [3.8, 4) is 0 Å². The van der Waals surface area contributed by atoms with E-state index in [4.69, 9.17) is 25.7 Å². The summed E-state index contributed by atoms with van der Waals surface area (Å²) in [5.74, 6) is 7.73. The van der Waals surface area contributed by atoms with Gasteiger partial charge in [-0.3, -0.25) is 9.89 Å². The number of hydrogen-bond donors (Lipinski definition) is 4. The molecule has 2 saturated heterocycles. The summed E-state index contributed by atoms with van der Waals surface area (Å²) in [5, 5.41) is 19.6. The SMILES string of the molecule is N/N=C(\C=NCCCO)CNc1nc(NC2CCN(Cc3ccccc3)CC2)cc(N2CCOCC2)n1. The third-order valence-corrected chi connectivity index (χ3v) is 6.52. The van der Waals surface area contributed by atoms with E-state index < -0.39 is 0 Å². The van der Waals surface area contributed by atoms with Crippen molar-refractivity contribution in [1.29, 1.82) is 0 Å². The number of nitrogens with one attached hydrogen (secondary N) is 2. The summed E-state index contributed by atoms with van der Waals surface area (Å²) in [6.07, 6.45) is 4.34. The maximum Gasteiger partial charge on any atom is 0.226 e. The number of nitrogens with zero attached hydrogens (tertiary/aromatic N) is 6. The molecule has 0 amide bonds. The van der Waals surface area contributed by atoms with Crippen LogP contribution < -0.4 is 21.4 Å². The van der Waals surface area contributed by atoms with Crippen LogP contribution in [-0.2, 0) is 11.3 Å². The van der Waals surface area contributed by atoms with Gasteiger partial charge in [0, 0.05) is 64.2 Å². The Morgan fingerprint density at radius 3 is 2.65 bits per heavy atom. The zero-order chi connectivity index (χ0) is 25.7. The quantitative estimate of drug-likeness (QED) is 0.145. The first-order valence-electron chi connectivity index (χ1n) is 13.1. The van der Waals surface area contributed by atoms with Gasteiger partial charge in [0.25, 0.3) is 0 Å². The summed E-state index contributed by atoms with van der Waals surface area (Å²) in [4.78, 5) is 18.5. The zero-order valence-corrected chi connectivity index (χ0v) is 21.4. The number of benzene rings is 1.